The Morgan fingerprint density at radius 1 is 1.15 bits per heavy atom. The Labute approximate surface area is 229 Å². The van der Waals surface area contributed by atoms with E-state index >= 15 is 8.78 Å². The number of hydrogen-bond donors (Lipinski definition) is 3. The first-order chi connectivity index (χ1) is 18.6. The number of benzene rings is 1. The monoisotopic (exact) mass is 571 g/mol. The number of carbonyl (C=O) groups is 2. The molecule has 3 N–H and O–H groups in total. The molecular weight excluding hydrogens is 537 g/mol. The number of anilines is 1. The number of carbonyl (C=O) groups excluding carboxylic acids is 2. The van der Waals surface area contributed by atoms with Gasteiger partial charge >= 0.3 is 6.18 Å². The van der Waals surface area contributed by atoms with Crippen LogP contribution in [0.4, 0.5) is 27.6 Å². The van der Waals surface area contributed by atoms with Crippen LogP contribution in [-0.4, -0.2) is 58.1 Å². The van der Waals surface area contributed by atoms with Gasteiger partial charge in [-0.2, -0.15) is 13.2 Å². The quantitative estimate of drug-likeness (QED) is 0.340. The lowest BCUT2D eigenvalue weighted by molar-refractivity contribution is -0.144. The van der Waals surface area contributed by atoms with E-state index in [-0.39, 0.29) is 43.5 Å². The summed E-state index contributed by atoms with van der Waals surface area (Å²) in [5, 5.41) is 32.5. The van der Waals surface area contributed by atoms with E-state index in [4.69, 9.17) is 0 Å². The number of Topliss-reactive ketones (excluding diaryl/α,β-unsaturated/α-hetero) is 1. The van der Waals surface area contributed by atoms with Crippen LogP contribution in [0.1, 0.15) is 45.1 Å². The van der Waals surface area contributed by atoms with Gasteiger partial charge in [0.15, 0.2) is 17.2 Å². The molecule has 1 aromatic rings. The molecule has 2 saturated carbocycles. The maximum atomic E-state index is 17.4. The van der Waals surface area contributed by atoms with Gasteiger partial charge in [0.1, 0.15) is 12.8 Å². The maximum absolute atomic E-state index is 17.4. The van der Waals surface area contributed by atoms with Crippen LogP contribution in [0.3, 0.4) is 0 Å². The minimum Gasteiger partial charge on any atom is -0.390 e. The van der Waals surface area contributed by atoms with E-state index in [1.807, 2.05) is 0 Å². The fraction of sp³-hybridized carbons (Fsp3) is 0.586. The molecule has 0 radical (unpaired) electrons. The Hall–Kier alpha value is -2.63. The first-order valence-corrected chi connectivity index (χ1v) is 13.4. The van der Waals surface area contributed by atoms with Gasteiger partial charge in [-0.25, -0.2) is 8.78 Å². The normalized spacial score (nSPS) is 36.5. The van der Waals surface area contributed by atoms with Crippen LogP contribution in [-0.2, 0) is 15.8 Å². The van der Waals surface area contributed by atoms with Crippen molar-refractivity contribution in [1.29, 1.82) is 0 Å². The highest BCUT2D eigenvalue weighted by atomic mass is 19.4. The lowest BCUT2D eigenvalue weighted by atomic mass is 9.51. The van der Waals surface area contributed by atoms with Crippen molar-refractivity contribution in [3.63, 3.8) is 0 Å². The topological polar surface area (TPSA) is 98.1 Å². The predicted octanol–water partition coefficient (Wildman–Crippen LogP) is 5.01. The molecule has 1 aromatic carbocycles. The summed E-state index contributed by atoms with van der Waals surface area (Å²) in [5.74, 6) is -4.32. The molecule has 6 nitrogen and oxygen atoms in total. The molecule has 8 atom stereocenters. The third-order valence-corrected chi connectivity index (χ3v) is 9.25. The number of ketones is 2. The van der Waals surface area contributed by atoms with Gasteiger partial charge in [0.2, 0.25) is 0 Å². The van der Waals surface area contributed by atoms with Crippen molar-refractivity contribution in [1.82, 2.24) is 0 Å². The molecule has 2 fully saturated rings. The Balaban J connectivity index is 1.69. The van der Waals surface area contributed by atoms with Gasteiger partial charge in [0.05, 0.1) is 17.4 Å². The molecule has 0 unspecified atom stereocenters. The van der Waals surface area contributed by atoms with Crippen molar-refractivity contribution < 1.29 is 47.0 Å². The van der Waals surface area contributed by atoms with Crippen molar-refractivity contribution in [2.45, 2.75) is 63.7 Å². The van der Waals surface area contributed by atoms with Gasteiger partial charge in [0, 0.05) is 23.8 Å². The second-order valence-electron chi connectivity index (χ2n) is 11.5. The standard InChI is InChI=1S/C29H34F5NO5/c1-16-11-17(14-35(40)19-5-3-18(4-6-19)29(32,33)34)21(25(38)15-36)7-8-26(39)28(31)22(16)13-24(30)23-12-20(37)9-10-27(23,28)2/h3-6,9-10,12,16-17,21-22,24,26,36,39-40H,7-8,11,13-15H2,1-2H3/t16-,17-,21+,22-,24-,26-,27-,28-/m0/s1. The number of allylic oxidation sites excluding steroid dienone is 4. The molecule has 4 rings (SSSR count). The summed E-state index contributed by atoms with van der Waals surface area (Å²) in [6, 6.07) is 3.79. The molecular formula is C29H34F5NO5. The predicted molar refractivity (Wildman–Crippen MR) is 136 cm³/mol. The summed E-state index contributed by atoms with van der Waals surface area (Å²) >= 11 is 0. The first-order valence-electron chi connectivity index (χ1n) is 13.4. The maximum Gasteiger partial charge on any atom is 0.416 e. The van der Waals surface area contributed by atoms with Crippen molar-refractivity contribution in [2.75, 3.05) is 18.2 Å². The fourth-order valence-electron chi connectivity index (χ4n) is 7.09. The second-order valence-corrected chi connectivity index (χ2v) is 11.5. The van der Waals surface area contributed by atoms with Crippen LogP contribution in [0.25, 0.3) is 0 Å². The van der Waals surface area contributed by atoms with Gasteiger partial charge in [-0.1, -0.05) is 13.0 Å². The number of hydrogen-bond acceptors (Lipinski definition) is 6. The molecule has 0 aliphatic heterocycles. The van der Waals surface area contributed by atoms with E-state index in [2.05, 4.69) is 0 Å². The largest absolute Gasteiger partial charge is 0.416 e. The Kier molecular flexibility index (Phi) is 8.33. The molecule has 0 heterocycles. The molecule has 3 aliphatic carbocycles. The zero-order chi connectivity index (χ0) is 29.6. The zero-order valence-electron chi connectivity index (χ0n) is 22.2. The number of rotatable bonds is 5. The van der Waals surface area contributed by atoms with Crippen molar-refractivity contribution >= 4 is 17.3 Å². The number of aliphatic hydroxyl groups excluding tert-OH is 2. The summed E-state index contributed by atoms with van der Waals surface area (Å²) in [6.07, 6.45) is -4.74. The fourth-order valence-corrected chi connectivity index (χ4v) is 7.09. The summed E-state index contributed by atoms with van der Waals surface area (Å²) in [7, 11) is 0. The first kappa shape index (κ1) is 30.3. The number of aliphatic hydroxyl groups is 2. The number of fused-ring (bicyclic) bond motifs is 3. The molecule has 0 spiro atoms. The molecule has 0 amide bonds. The molecule has 0 aromatic heterocycles. The van der Waals surface area contributed by atoms with Crippen LogP contribution in [0, 0.1) is 29.1 Å². The van der Waals surface area contributed by atoms with Crippen LogP contribution in [0.5, 0.6) is 0 Å². The van der Waals surface area contributed by atoms with Gasteiger partial charge in [-0.3, -0.25) is 19.9 Å². The minimum absolute atomic E-state index is 0.0346. The Morgan fingerprint density at radius 2 is 1.80 bits per heavy atom. The third-order valence-electron chi connectivity index (χ3n) is 9.25. The summed E-state index contributed by atoms with van der Waals surface area (Å²) in [6.45, 7) is 2.07. The minimum atomic E-state index is -4.56. The van der Waals surface area contributed by atoms with E-state index in [0.717, 1.165) is 30.3 Å². The molecule has 0 bridgehead atoms. The van der Waals surface area contributed by atoms with Crippen LogP contribution in [0.15, 0.2) is 48.1 Å². The summed E-state index contributed by atoms with van der Waals surface area (Å²) in [4.78, 5) is 24.9. The van der Waals surface area contributed by atoms with E-state index in [1.165, 1.54) is 19.1 Å². The number of hydroxylamine groups is 1. The molecule has 11 heteroatoms. The highest BCUT2D eigenvalue weighted by Crippen LogP contribution is 2.60. The lowest BCUT2D eigenvalue weighted by Crippen LogP contribution is -2.63. The second kappa shape index (κ2) is 11.0. The SMILES string of the molecule is C[C@H]1C[C@@H](CN(O)c2ccc(C(F)(F)F)cc2)[C@H](C(=O)CO)CC[C@H](O)[C@@]2(F)[C@H]1C[C@H](F)C1=CC(=O)C=C[C@@]12C. The Morgan fingerprint density at radius 3 is 2.40 bits per heavy atom. The summed E-state index contributed by atoms with van der Waals surface area (Å²) in [5.41, 5.74) is -4.90. The number of alkyl halides is 5. The third kappa shape index (κ3) is 5.23. The van der Waals surface area contributed by atoms with Gasteiger partial charge in [0.25, 0.3) is 0 Å². The van der Waals surface area contributed by atoms with Gasteiger partial charge in [-0.05, 0) is 86.4 Å². The average molecular weight is 572 g/mol. The highest BCUT2D eigenvalue weighted by Gasteiger charge is 2.65. The number of halogens is 5. The number of nitrogens with zero attached hydrogens (tertiary/aromatic N) is 1. The summed E-state index contributed by atoms with van der Waals surface area (Å²) < 4.78 is 71.8. The van der Waals surface area contributed by atoms with E-state index in [1.54, 1.807) is 6.92 Å². The van der Waals surface area contributed by atoms with Crippen molar-refractivity contribution in [3.8, 4) is 0 Å². The molecule has 3 aliphatic rings. The molecule has 0 saturated heterocycles. The van der Waals surface area contributed by atoms with E-state index in [9.17, 15) is 38.2 Å². The van der Waals surface area contributed by atoms with Crippen molar-refractivity contribution in [3.05, 3.63) is 53.6 Å². The van der Waals surface area contributed by atoms with Crippen LogP contribution >= 0.6 is 0 Å². The highest BCUT2D eigenvalue weighted by molar-refractivity contribution is 6.01. The van der Waals surface area contributed by atoms with Gasteiger partial charge < -0.3 is 10.2 Å². The van der Waals surface area contributed by atoms with E-state index < -0.39 is 76.9 Å². The smallest absolute Gasteiger partial charge is 0.390 e. The average Bonchev–Trinajstić information content (AvgIpc) is 2.93. The van der Waals surface area contributed by atoms with Crippen LogP contribution in [0.2, 0.25) is 0 Å². The molecule has 220 valence electrons. The van der Waals surface area contributed by atoms with Crippen LogP contribution < -0.4 is 5.06 Å². The lowest BCUT2D eigenvalue weighted by Gasteiger charge is -2.56. The Bertz CT molecular complexity index is 1180. The zero-order valence-corrected chi connectivity index (χ0v) is 22.2. The van der Waals surface area contributed by atoms with Crippen molar-refractivity contribution in [2.24, 2.45) is 29.1 Å². The van der Waals surface area contributed by atoms with Gasteiger partial charge in [-0.15, -0.1) is 0 Å². The molecule has 40 heavy (non-hydrogen) atoms. The van der Waals surface area contributed by atoms with E-state index in [0.29, 0.717) is 5.06 Å².